The molecule has 0 radical (unpaired) electrons. The average molecular weight is 542 g/mol. The Labute approximate surface area is 193 Å². The number of halogens is 2. The number of aromatic amines is 1. The van der Waals surface area contributed by atoms with E-state index in [2.05, 4.69) is 108 Å². The largest absolute Gasteiger partial charge is 0.353 e. The third kappa shape index (κ3) is 3.66. The molecule has 2 nitrogen and oxygen atoms in total. The molecule has 0 unspecified atom stereocenters. The fraction of sp³-hybridized carbons (Fsp3) is 0. The zero-order chi connectivity index (χ0) is 19.8. The highest BCUT2D eigenvalue weighted by molar-refractivity contribution is 9.12. The molecule has 0 fully saturated rings. The number of rotatable bonds is 4. The minimum absolute atomic E-state index is 0.943. The highest BCUT2D eigenvalue weighted by atomic mass is 79.9. The molecular weight excluding hydrogens is 528 g/mol. The number of aromatic nitrogens is 1. The minimum Gasteiger partial charge on any atom is -0.353 e. The smallest absolute Gasteiger partial charge is 0.0951 e. The van der Waals surface area contributed by atoms with Crippen LogP contribution in [0.4, 0.5) is 0 Å². The monoisotopic (exact) mass is 540 g/mol. The summed E-state index contributed by atoms with van der Waals surface area (Å²) in [4.78, 5) is 11.0. The van der Waals surface area contributed by atoms with Crippen LogP contribution in [0.2, 0.25) is 0 Å². The summed E-state index contributed by atoms with van der Waals surface area (Å²) in [6.45, 7) is 0. The van der Waals surface area contributed by atoms with Crippen LogP contribution in [-0.2, 0) is 0 Å². The van der Waals surface area contributed by atoms with Crippen molar-refractivity contribution in [1.29, 1.82) is 0 Å². The molecule has 4 aromatic rings. The first-order valence-electron chi connectivity index (χ1n) is 8.93. The van der Waals surface area contributed by atoms with Crippen LogP contribution < -0.4 is 0 Å². The lowest BCUT2D eigenvalue weighted by Gasteiger charge is -2.08. The molecule has 5 rings (SSSR count). The molecule has 1 aliphatic heterocycles. The molecule has 0 saturated heterocycles. The van der Waals surface area contributed by atoms with E-state index in [4.69, 9.17) is 4.99 Å². The zero-order valence-corrected chi connectivity index (χ0v) is 19.8. The molecule has 0 aliphatic carbocycles. The highest BCUT2D eigenvalue weighted by Crippen LogP contribution is 2.39. The Balaban J connectivity index is 1.71. The molecule has 0 amide bonds. The number of aliphatic imine (C=N–C) groups is 1. The Morgan fingerprint density at radius 1 is 0.862 bits per heavy atom. The standard InChI is InChI=1S/C23H14Br2N2S2/c24-15-12-17(26-22(15)19-8-4-10-28-19)21(14-6-2-1-3-7-14)18-13-16(25)23(27-18)20-9-5-11-29-20/h1-13,26H/b21-18+. The summed E-state index contributed by atoms with van der Waals surface area (Å²) in [6.07, 6.45) is 2.11. The maximum atomic E-state index is 5.00. The predicted octanol–water partition coefficient (Wildman–Crippen LogP) is 8.11. The van der Waals surface area contributed by atoms with E-state index in [0.717, 1.165) is 47.8 Å². The molecule has 3 aromatic heterocycles. The van der Waals surface area contributed by atoms with Gasteiger partial charge in [-0.25, -0.2) is 4.99 Å². The quantitative estimate of drug-likeness (QED) is 0.270. The summed E-state index contributed by atoms with van der Waals surface area (Å²) in [5.74, 6) is 0. The van der Waals surface area contributed by atoms with E-state index in [0.29, 0.717) is 0 Å². The second-order valence-corrected chi connectivity index (χ2v) is 10.0. The summed E-state index contributed by atoms with van der Waals surface area (Å²) in [7, 11) is 0. The second kappa shape index (κ2) is 8.03. The summed E-state index contributed by atoms with van der Waals surface area (Å²) in [5.41, 5.74) is 6.26. The Morgan fingerprint density at radius 3 is 2.28 bits per heavy atom. The zero-order valence-electron chi connectivity index (χ0n) is 15.0. The summed E-state index contributed by atoms with van der Waals surface area (Å²) >= 11 is 10.9. The maximum absolute atomic E-state index is 5.00. The lowest BCUT2D eigenvalue weighted by atomic mass is 10.0. The van der Waals surface area contributed by atoms with E-state index >= 15 is 0 Å². The van der Waals surface area contributed by atoms with Gasteiger partial charge >= 0.3 is 0 Å². The van der Waals surface area contributed by atoms with Gasteiger partial charge in [-0.05, 0) is 72.5 Å². The van der Waals surface area contributed by atoms with Gasteiger partial charge in [0.15, 0.2) is 0 Å². The molecule has 4 heterocycles. The van der Waals surface area contributed by atoms with Gasteiger partial charge in [-0.2, -0.15) is 0 Å². The second-order valence-electron chi connectivity index (χ2n) is 6.44. The van der Waals surface area contributed by atoms with E-state index < -0.39 is 0 Å². The van der Waals surface area contributed by atoms with Gasteiger partial charge in [-0.1, -0.05) is 42.5 Å². The highest BCUT2D eigenvalue weighted by Gasteiger charge is 2.22. The fourth-order valence-corrected chi connectivity index (χ4v) is 6.11. The average Bonchev–Trinajstić information content (AvgIpc) is 3.50. The molecule has 1 aliphatic rings. The van der Waals surface area contributed by atoms with Gasteiger partial charge in [-0.15, -0.1) is 22.7 Å². The van der Waals surface area contributed by atoms with E-state index in [9.17, 15) is 0 Å². The van der Waals surface area contributed by atoms with Crippen LogP contribution in [-0.4, -0.2) is 10.7 Å². The summed E-state index contributed by atoms with van der Waals surface area (Å²) in [6, 6.07) is 20.9. The molecule has 0 bridgehead atoms. The fourth-order valence-electron chi connectivity index (χ4n) is 3.32. The van der Waals surface area contributed by atoms with Gasteiger partial charge in [0, 0.05) is 20.2 Å². The van der Waals surface area contributed by atoms with Gasteiger partial charge < -0.3 is 4.98 Å². The van der Waals surface area contributed by atoms with E-state index in [1.807, 2.05) is 6.07 Å². The first-order valence-corrected chi connectivity index (χ1v) is 12.3. The van der Waals surface area contributed by atoms with Crippen molar-refractivity contribution < 1.29 is 0 Å². The van der Waals surface area contributed by atoms with Crippen LogP contribution in [0.15, 0.2) is 97.1 Å². The van der Waals surface area contributed by atoms with Crippen molar-refractivity contribution in [3.63, 3.8) is 0 Å². The number of hydrogen-bond donors (Lipinski definition) is 1. The first-order chi connectivity index (χ1) is 14.2. The van der Waals surface area contributed by atoms with Gasteiger partial charge in [0.2, 0.25) is 0 Å². The van der Waals surface area contributed by atoms with Gasteiger partial charge in [0.25, 0.3) is 0 Å². The maximum Gasteiger partial charge on any atom is 0.0951 e. The van der Waals surface area contributed by atoms with Crippen molar-refractivity contribution in [2.45, 2.75) is 0 Å². The number of nitrogens with one attached hydrogen (secondary N) is 1. The van der Waals surface area contributed by atoms with Crippen molar-refractivity contribution in [3.05, 3.63) is 108 Å². The first kappa shape index (κ1) is 19.0. The molecule has 0 spiro atoms. The van der Waals surface area contributed by atoms with Crippen LogP contribution >= 0.6 is 54.5 Å². The van der Waals surface area contributed by atoms with Crippen LogP contribution in [0, 0.1) is 0 Å². The molecule has 29 heavy (non-hydrogen) atoms. The van der Waals surface area contributed by atoms with Crippen LogP contribution in [0.25, 0.3) is 16.1 Å². The van der Waals surface area contributed by atoms with Gasteiger partial charge in [0.05, 0.1) is 26.9 Å². The SMILES string of the molecule is BrC1=C/C(=C(/c2ccccc2)c2cc(Br)c(-c3cccs3)[nH]2)N=C1c1cccs1. The van der Waals surface area contributed by atoms with Gasteiger partial charge in [-0.3, -0.25) is 0 Å². The van der Waals surface area contributed by atoms with Crippen molar-refractivity contribution in [3.8, 4) is 10.6 Å². The third-order valence-electron chi connectivity index (χ3n) is 4.60. The Kier molecular flexibility index (Phi) is 5.26. The lowest BCUT2D eigenvalue weighted by molar-refractivity contribution is 1.32. The van der Waals surface area contributed by atoms with Crippen LogP contribution in [0.3, 0.4) is 0 Å². The number of H-pyrrole nitrogens is 1. The minimum atomic E-state index is 0.943. The van der Waals surface area contributed by atoms with Crippen molar-refractivity contribution in [2.75, 3.05) is 0 Å². The molecule has 0 saturated carbocycles. The number of nitrogens with zero attached hydrogens (tertiary/aromatic N) is 1. The van der Waals surface area contributed by atoms with Crippen molar-refractivity contribution >= 4 is 65.8 Å². The number of benzene rings is 1. The molecule has 6 heteroatoms. The topological polar surface area (TPSA) is 28.1 Å². The number of allylic oxidation sites excluding steroid dienone is 2. The van der Waals surface area contributed by atoms with E-state index in [1.165, 1.54) is 4.88 Å². The van der Waals surface area contributed by atoms with Crippen molar-refractivity contribution in [1.82, 2.24) is 4.98 Å². The molecular formula is C23H14Br2N2S2. The normalized spacial score (nSPS) is 15.4. The Morgan fingerprint density at radius 2 is 1.59 bits per heavy atom. The molecule has 0 atom stereocenters. The Hall–Kier alpha value is -1.99. The molecule has 1 aromatic carbocycles. The lowest BCUT2D eigenvalue weighted by Crippen LogP contribution is -1.94. The molecule has 1 N–H and O–H groups in total. The summed E-state index contributed by atoms with van der Waals surface area (Å²) in [5, 5.41) is 4.17. The summed E-state index contributed by atoms with van der Waals surface area (Å²) < 4.78 is 2.06. The van der Waals surface area contributed by atoms with Crippen LogP contribution in [0.5, 0.6) is 0 Å². The Bertz CT molecular complexity index is 1250. The number of thiophene rings is 2. The van der Waals surface area contributed by atoms with Gasteiger partial charge in [0.1, 0.15) is 0 Å². The predicted molar refractivity (Wildman–Crippen MR) is 132 cm³/mol. The van der Waals surface area contributed by atoms with Crippen LogP contribution in [0.1, 0.15) is 16.1 Å². The number of hydrogen-bond acceptors (Lipinski definition) is 3. The van der Waals surface area contributed by atoms with Crippen molar-refractivity contribution in [2.24, 2.45) is 4.99 Å². The van der Waals surface area contributed by atoms with E-state index in [-0.39, 0.29) is 0 Å². The third-order valence-corrected chi connectivity index (χ3v) is 7.60. The molecule has 142 valence electrons. The van der Waals surface area contributed by atoms with E-state index in [1.54, 1.807) is 22.7 Å².